The van der Waals surface area contributed by atoms with Crippen LogP contribution >= 0.6 is 0 Å². The molecule has 3 rings (SSSR count). The van der Waals surface area contributed by atoms with Crippen molar-refractivity contribution in [2.45, 2.75) is 32.0 Å². The van der Waals surface area contributed by atoms with Crippen LogP contribution in [0.5, 0.6) is 0 Å². The maximum atomic E-state index is 12.7. The minimum absolute atomic E-state index is 0.0563. The number of alkyl halides is 3. The number of hydrogen-bond acceptors (Lipinski definition) is 5. The molecular weight excluding hydrogens is 339 g/mol. The van der Waals surface area contributed by atoms with Crippen LogP contribution in [0.25, 0.3) is 0 Å². The molecule has 0 amide bonds. The molecule has 3 heterocycles. The fraction of sp³-hybridized carbons (Fsp3) is 0.467. The Balaban J connectivity index is 1.78. The van der Waals surface area contributed by atoms with E-state index in [0.717, 1.165) is 12.5 Å². The highest BCUT2D eigenvalue weighted by Gasteiger charge is 2.34. The third-order valence-corrected chi connectivity index (χ3v) is 4.23. The topological polar surface area (TPSA) is 77.1 Å². The molecule has 0 bridgehead atoms. The summed E-state index contributed by atoms with van der Waals surface area (Å²) < 4.78 is 39.5. The average molecular weight is 355 g/mol. The fourth-order valence-corrected chi connectivity index (χ4v) is 2.98. The summed E-state index contributed by atoms with van der Waals surface area (Å²) in [6.07, 6.45) is -1.65. The Hall–Kier alpha value is -2.65. The van der Waals surface area contributed by atoms with E-state index in [1.54, 1.807) is 13.0 Å². The predicted octanol–water partition coefficient (Wildman–Crippen LogP) is 3.36. The van der Waals surface area contributed by atoms with E-state index in [1.165, 1.54) is 16.9 Å². The van der Waals surface area contributed by atoms with Crippen molar-refractivity contribution in [1.29, 1.82) is 0 Å². The molecule has 0 aliphatic carbocycles. The molecule has 1 fully saturated rings. The first-order valence-electron chi connectivity index (χ1n) is 7.75. The molecular formula is C15H16F3N5O2. The van der Waals surface area contributed by atoms with Crippen molar-refractivity contribution in [3.8, 4) is 0 Å². The second-order valence-electron chi connectivity index (χ2n) is 5.95. The van der Waals surface area contributed by atoms with Crippen molar-refractivity contribution in [3.05, 3.63) is 45.9 Å². The Bertz CT molecular complexity index is 790. The zero-order chi connectivity index (χ0) is 18.2. The summed E-state index contributed by atoms with van der Waals surface area (Å²) in [4.78, 5) is 16.6. The van der Waals surface area contributed by atoms with Gasteiger partial charge in [-0.05, 0) is 31.9 Å². The van der Waals surface area contributed by atoms with Crippen LogP contribution in [-0.4, -0.2) is 32.8 Å². The summed E-state index contributed by atoms with van der Waals surface area (Å²) in [6.45, 7) is 2.70. The summed E-state index contributed by atoms with van der Waals surface area (Å²) >= 11 is 0. The lowest BCUT2D eigenvalue weighted by Crippen LogP contribution is -2.37. The zero-order valence-electron chi connectivity index (χ0n) is 13.4. The quantitative estimate of drug-likeness (QED) is 0.623. The number of piperidine rings is 1. The summed E-state index contributed by atoms with van der Waals surface area (Å²) in [5.74, 6) is 0.580. The Morgan fingerprint density at radius 1 is 1.32 bits per heavy atom. The van der Waals surface area contributed by atoms with E-state index in [9.17, 15) is 23.3 Å². The molecule has 1 atom stereocenters. The SMILES string of the molecule is Cc1nc(N2CCCC(n3ccc(C(F)(F)F)n3)C2)ccc1[N+](=O)[O-]. The molecule has 2 aromatic heterocycles. The number of aryl methyl sites for hydroxylation is 1. The molecule has 0 spiro atoms. The van der Waals surface area contributed by atoms with E-state index >= 15 is 0 Å². The van der Waals surface area contributed by atoms with Crippen LogP contribution in [-0.2, 0) is 6.18 Å². The summed E-state index contributed by atoms with van der Waals surface area (Å²) in [5, 5.41) is 14.5. The van der Waals surface area contributed by atoms with Gasteiger partial charge in [0.15, 0.2) is 5.69 Å². The van der Waals surface area contributed by atoms with Gasteiger partial charge in [0.2, 0.25) is 0 Å². The number of hydrogen-bond donors (Lipinski definition) is 0. The number of rotatable bonds is 3. The van der Waals surface area contributed by atoms with E-state index in [2.05, 4.69) is 10.1 Å². The van der Waals surface area contributed by atoms with Gasteiger partial charge in [0, 0.05) is 25.4 Å². The lowest BCUT2D eigenvalue weighted by atomic mass is 10.1. The first kappa shape index (κ1) is 17.2. The minimum atomic E-state index is -4.46. The van der Waals surface area contributed by atoms with E-state index in [4.69, 9.17) is 0 Å². The van der Waals surface area contributed by atoms with Gasteiger partial charge >= 0.3 is 6.18 Å². The van der Waals surface area contributed by atoms with Crippen molar-refractivity contribution in [2.24, 2.45) is 0 Å². The van der Waals surface area contributed by atoms with Crippen LogP contribution in [0, 0.1) is 17.0 Å². The maximum Gasteiger partial charge on any atom is 0.435 e. The molecule has 0 radical (unpaired) electrons. The molecule has 1 aliphatic rings. The number of anilines is 1. The first-order valence-corrected chi connectivity index (χ1v) is 7.75. The van der Waals surface area contributed by atoms with Gasteiger partial charge in [-0.25, -0.2) is 4.98 Å². The molecule has 25 heavy (non-hydrogen) atoms. The van der Waals surface area contributed by atoms with Crippen molar-refractivity contribution >= 4 is 11.5 Å². The van der Waals surface area contributed by atoms with Crippen LogP contribution in [0.4, 0.5) is 24.7 Å². The summed E-state index contributed by atoms with van der Waals surface area (Å²) in [5.41, 5.74) is -0.656. The van der Waals surface area contributed by atoms with Gasteiger partial charge in [-0.2, -0.15) is 18.3 Å². The highest BCUT2D eigenvalue weighted by molar-refractivity contribution is 5.47. The van der Waals surface area contributed by atoms with Gasteiger partial charge in [0.05, 0.1) is 11.0 Å². The number of pyridine rings is 1. The van der Waals surface area contributed by atoms with Gasteiger partial charge in [-0.15, -0.1) is 0 Å². The standard InChI is InChI=1S/C15H16F3N5O2/c1-10-12(23(24)25)4-5-14(19-10)21-7-2-3-11(9-21)22-8-6-13(20-22)15(16,17)18/h4-6,8,11H,2-3,7,9H2,1H3. The van der Waals surface area contributed by atoms with E-state index in [-0.39, 0.29) is 11.7 Å². The highest BCUT2D eigenvalue weighted by Crippen LogP contribution is 2.30. The van der Waals surface area contributed by atoms with Crippen molar-refractivity contribution in [3.63, 3.8) is 0 Å². The summed E-state index contributed by atoms with van der Waals surface area (Å²) in [7, 11) is 0. The molecule has 7 nitrogen and oxygen atoms in total. The van der Waals surface area contributed by atoms with Crippen molar-refractivity contribution < 1.29 is 18.1 Å². The van der Waals surface area contributed by atoms with Crippen LogP contribution in [0.15, 0.2) is 24.4 Å². The molecule has 10 heteroatoms. The van der Waals surface area contributed by atoms with Crippen LogP contribution < -0.4 is 4.90 Å². The molecule has 0 saturated carbocycles. The monoisotopic (exact) mass is 355 g/mol. The molecule has 1 saturated heterocycles. The lowest BCUT2D eigenvalue weighted by Gasteiger charge is -2.33. The van der Waals surface area contributed by atoms with Crippen LogP contribution in [0.1, 0.15) is 30.3 Å². The number of nitro groups is 1. The Labute approximate surface area is 141 Å². The Morgan fingerprint density at radius 2 is 2.08 bits per heavy atom. The minimum Gasteiger partial charge on any atom is -0.354 e. The number of aromatic nitrogens is 3. The third kappa shape index (κ3) is 3.57. The second-order valence-corrected chi connectivity index (χ2v) is 5.95. The van der Waals surface area contributed by atoms with E-state index in [0.29, 0.717) is 31.0 Å². The maximum absolute atomic E-state index is 12.7. The van der Waals surface area contributed by atoms with Crippen molar-refractivity contribution in [2.75, 3.05) is 18.0 Å². The normalized spacial score (nSPS) is 18.4. The van der Waals surface area contributed by atoms with E-state index < -0.39 is 16.8 Å². The third-order valence-electron chi connectivity index (χ3n) is 4.23. The lowest BCUT2D eigenvalue weighted by molar-refractivity contribution is -0.385. The zero-order valence-corrected chi connectivity index (χ0v) is 13.4. The highest BCUT2D eigenvalue weighted by atomic mass is 19.4. The van der Waals surface area contributed by atoms with Gasteiger partial charge in [0.25, 0.3) is 5.69 Å². The first-order chi connectivity index (χ1) is 11.8. The molecule has 2 aromatic rings. The van der Waals surface area contributed by atoms with Crippen molar-refractivity contribution in [1.82, 2.24) is 14.8 Å². The Kier molecular flexibility index (Phi) is 4.36. The molecule has 0 aromatic carbocycles. The largest absolute Gasteiger partial charge is 0.435 e. The van der Waals surface area contributed by atoms with Crippen LogP contribution in [0.2, 0.25) is 0 Å². The number of nitrogens with zero attached hydrogens (tertiary/aromatic N) is 5. The molecule has 0 N–H and O–H groups in total. The van der Waals surface area contributed by atoms with Crippen LogP contribution in [0.3, 0.4) is 0 Å². The molecule has 134 valence electrons. The fourth-order valence-electron chi connectivity index (χ4n) is 2.98. The molecule has 1 unspecified atom stereocenters. The number of halogens is 3. The van der Waals surface area contributed by atoms with Gasteiger partial charge in [0.1, 0.15) is 11.5 Å². The van der Waals surface area contributed by atoms with Gasteiger partial charge in [-0.1, -0.05) is 0 Å². The summed E-state index contributed by atoms with van der Waals surface area (Å²) in [6, 6.07) is 3.73. The average Bonchev–Trinajstić information content (AvgIpc) is 3.05. The second kappa shape index (κ2) is 6.34. The van der Waals surface area contributed by atoms with Gasteiger partial charge < -0.3 is 4.90 Å². The van der Waals surface area contributed by atoms with Gasteiger partial charge in [-0.3, -0.25) is 14.8 Å². The molecule has 1 aliphatic heterocycles. The smallest absolute Gasteiger partial charge is 0.354 e. The van der Waals surface area contributed by atoms with E-state index in [1.807, 2.05) is 4.90 Å². The predicted molar refractivity (Wildman–Crippen MR) is 83.3 cm³/mol. The Morgan fingerprint density at radius 3 is 2.68 bits per heavy atom.